The molecule has 0 atom stereocenters. The Labute approximate surface area is 140 Å². The van der Waals surface area contributed by atoms with E-state index >= 15 is 0 Å². The Morgan fingerprint density at radius 2 is 2.12 bits per heavy atom. The van der Waals surface area contributed by atoms with Gasteiger partial charge in [-0.15, -0.1) is 6.42 Å². The molecule has 1 amide bonds. The maximum Gasteiger partial charge on any atom is 0.317 e. The van der Waals surface area contributed by atoms with Crippen LogP contribution in [-0.4, -0.2) is 30.5 Å². The number of thiazole rings is 1. The molecule has 1 aromatic carbocycles. The summed E-state index contributed by atoms with van der Waals surface area (Å²) < 4.78 is 23.8. The first kappa shape index (κ1) is 14.7. The number of hydrogen-bond donors (Lipinski definition) is 0. The van der Waals surface area contributed by atoms with Crippen molar-refractivity contribution in [1.82, 2.24) is 4.57 Å². The van der Waals surface area contributed by atoms with Gasteiger partial charge in [-0.2, -0.15) is 4.99 Å². The molecule has 24 heavy (non-hydrogen) atoms. The van der Waals surface area contributed by atoms with Crippen molar-refractivity contribution in [3.63, 3.8) is 0 Å². The molecule has 0 spiro atoms. The molecule has 0 saturated heterocycles. The zero-order valence-electron chi connectivity index (χ0n) is 12.5. The molecule has 0 aliphatic carbocycles. The van der Waals surface area contributed by atoms with Crippen molar-refractivity contribution in [2.75, 3.05) is 20.0 Å². The minimum atomic E-state index is -0.507. The third kappa shape index (κ3) is 2.49. The van der Waals surface area contributed by atoms with Gasteiger partial charge in [-0.3, -0.25) is 4.79 Å². The van der Waals surface area contributed by atoms with E-state index < -0.39 is 5.91 Å². The van der Waals surface area contributed by atoms with Crippen LogP contribution in [0.5, 0.6) is 11.5 Å². The molecule has 0 bridgehead atoms. The lowest BCUT2D eigenvalue weighted by Gasteiger charge is -2.12. The lowest BCUT2D eigenvalue weighted by Crippen LogP contribution is -2.19. The zero-order valence-corrected chi connectivity index (χ0v) is 13.3. The van der Waals surface area contributed by atoms with E-state index in [2.05, 4.69) is 10.9 Å². The van der Waals surface area contributed by atoms with Crippen LogP contribution in [-0.2, 0) is 20.8 Å². The average Bonchev–Trinajstić information content (AvgIpc) is 3.18. The van der Waals surface area contributed by atoms with Gasteiger partial charge < -0.3 is 23.5 Å². The summed E-state index contributed by atoms with van der Waals surface area (Å²) in [5.74, 6) is 3.47. The van der Waals surface area contributed by atoms with Crippen molar-refractivity contribution in [3.8, 4) is 23.8 Å². The van der Waals surface area contributed by atoms with Crippen LogP contribution < -0.4 is 14.3 Å². The Hall–Kier alpha value is -2.92. The predicted octanol–water partition coefficient (Wildman–Crippen LogP) is 1.38. The maximum atomic E-state index is 12.3. The van der Waals surface area contributed by atoms with Gasteiger partial charge in [0.1, 0.15) is 19.5 Å². The molecule has 0 radical (unpaired) electrons. The maximum absolute atomic E-state index is 12.3. The third-order valence-electron chi connectivity index (χ3n) is 3.48. The molecule has 122 valence electrons. The lowest BCUT2D eigenvalue weighted by atomic mass is 10.3. The van der Waals surface area contributed by atoms with E-state index in [4.69, 9.17) is 25.4 Å². The van der Waals surface area contributed by atoms with Gasteiger partial charge in [0.15, 0.2) is 16.3 Å². The van der Waals surface area contributed by atoms with Crippen LogP contribution in [0.2, 0.25) is 0 Å². The van der Waals surface area contributed by atoms with Crippen molar-refractivity contribution < 1.29 is 23.7 Å². The predicted molar refractivity (Wildman–Crippen MR) is 85.3 cm³/mol. The van der Waals surface area contributed by atoms with Crippen LogP contribution in [0, 0.1) is 12.3 Å². The van der Waals surface area contributed by atoms with Gasteiger partial charge in [0, 0.05) is 12.1 Å². The fraction of sp³-hybridized carbons (Fsp3) is 0.250. The Bertz CT molecular complexity index is 963. The van der Waals surface area contributed by atoms with Gasteiger partial charge in [0.05, 0.1) is 16.8 Å². The molecular weight excluding hydrogens is 332 g/mol. The highest BCUT2D eigenvalue weighted by atomic mass is 32.1. The number of nitrogens with zero attached hydrogens (tertiary/aromatic N) is 2. The lowest BCUT2D eigenvalue weighted by molar-refractivity contribution is -0.119. The van der Waals surface area contributed by atoms with Crippen LogP contribution in [0.1, 0.15) is 0 Å². The SMILES string of the molecule is C#CCn1c(=NC(=O)C2=COCCO2)sc2cc3c(cc21)OCO3. The van der Waals surface area contributed by atoms with Gasteiger partial charge in [0.25, 0.3) is 0 Å². The Morgan fingerprint density at radius 1 is 1.29 bits per heavy atom. The topological polar surface area (TPSA) is 71.3 Å². The van der Waals surface area contributed by atoms with Gasteiger partial charge >= 0.3 is 5.91 Å². The summed E-state index contributed by atoms with van der Waals surface area (Å²) >= 11 is 1.34. The normalized spacial score (nSPS) is 16.3. The van der Waals surface area contributed by atoms with Crippen molar-refractivity contribution in [1.29, 1.82) is 0 Å². The number of benzene rings is 1. The van der Waals surface area contributed by atoms with Gasteiger partial charge in [-0.05, 0) is 0 Å². The van der Waals surface area contributed by atoms with Crippen LogP contribution in [0.25, 0.3) is 10.2 Å². The molecule has 1 aromatic heterocycles. The van der Waals surface area contributed by atoms with Gasteiger partial charge in [-0.1, -0.05) is 17.3 Å². The summed E-state index contributed by atoms with van der Waals surface area (Å²) in [6, 6.07) is 3.70. The van der Waals surface area contributed by atoms with Crippen molar-refractivity contribution in [2.45, 2.75) is 6.54 Å². The molecule has 8 heteroatoms. The van der Waals surface area contributed by atoms with E-state index in [0.717, 1.165) is 10.2 Å². The number of carbonyl (C=O) groups excluding carboxylic acids is 1. The second-order valence-electron chi connectivity index (χ2n) is 4.97. The van der Waals surface area contributed by atoms with E-state index in [1.54, 1.807) is 4.57 Å². The molecule has 4 rings (SSSR count). The number of ether oxygens (including phenoxy) is 4. The second kappa shape index (κ2) is 5.94. The molecule has 7 nitrogen and oxygen atoms in total. The quantitative estimate of drug-likeness (QED) is 0.770. The Balaban J connectivity index is 1.84. The summed E-state index contributed by atoms with van der Waals surface area (Å²) in [6.45, 7) is 1.22. The molecule has 2 aliphatic heterocycles. The van der Waals surface area contributed by atoms with Gasteiger partial charge in [0.2, 0.25) is 12.6 Å². The number of terminal acetylenes is 1. The van der Waals surface area contributed by atoms with E-state index in [0.29, 0.717) is 29.5 Å². The largest absolute Gasteiger partial charge is 0.494 e. The minimum absolute atomic E-state index is 0.0834. The van der Waals surface area contributed by atoms with E-state index in [1.807, 2.05) is 12.1 Å². The van der Waals surface area contributed by atoms with Crippen LogP contribution >= 0.6 is 11.3 Å². The molecule has 0 saturated carbocycles. The highest BCUT2D eigenvalue weighted by molar-refractivity contribution is 7.16. The summed E-state index contributed by atoms with van der Waals surface area (Å²) in [7, 11) is 0. The molecule has 0 fully saturated rings. The van der Waals surface area contributed by atoms with E-state index in [9.17, 15) is 4.79 Å². The van der Waals surface area contributed by atoms with Crippen molar-refractivity contribution >= 4 is 27.5 Å². The van der Waals surface area contributed by atoms with Crippen LogP contribution in [0.3, 0.4) is 0 Å². The Morgan fingerprint density at radius 3 is 2.88 bits per heavy atom. The molecular formula is C16H12N2O5S. The number of carbonyl (C=O) groups is 1. The second-order valence-corrected chi connectivity index (χ2v) is 5.98. The zero-order chi connectivity index (χ0) is 16.5. The molecule has 2 aliphatic rings. The number of rotatable bonds is 2. The smallest absolute Gasteiger partial charge is 0.317 e. The molecule has 3 heterocycles. The summed E-state index contributed by atoms with van der Waals surface area (Å²) in [4.78, 5) is 16.9. The average molecular weight is 344 g/mol. The fourth-order valence-electron chi connectivity index (χ4n) is 2.41. The molecule has 2 aromatic rings. The minimum Gasteiger partial charge on any atom is -0.494 e. The first-order chi connectivity index (χ1) is 11.8. The first-order valence-electron chi connectivity index (χ1n) is 7.16. The first-order valence-corrected chi connectivity index (χ1v) is 7.98. The molecule has 0 N–H and O–H groups in total. The van der Waals surface area contributed by atoms with Crippen LogP contribution in [0.15, 0.2) is 29.1 Å². The summed E-state index contributed by atoms with van der Waals surface area (Å²) in [5, 5.41) is 0. The monoisotopic (exact) mass is 344 g/mol. The van der Waals surface area contributed by atoms with Crippen molar-refractivity contribution in [2.24, 2.45) is 4.99 Å². The van der Waals surface area contributed by atoms with Crippen molar-refractivity contribution in [3.05, 3.63) is 29.0 Å². The summed E-state index contributed by atoms with van der Waals surface area (Å²) in [5.41, 5.74) is 0.837. The summed E-state index contributed by atoms with van der Waals surface area (Å²) in [6.07, 6.45) is 6.74. The standard InChI is InChI=1S/C16H12N2O5S/c1-2-3-18-10-6-11-12(23-9-22-11)7-14(10)24-16(18)17-15(19)13-8-20-4-5-21-13/h1,6-8H,3-5,9H2. The van der Waals surface area contributed by atoms with Crippen LogP contribution in [0.4, 0.5) is 0 Å². The number of amides is 1. The highest BCUT2D eigenvalue weighted by Crippen LogP contribution is 2.36. The van der Waals surface area contributed by atoms with Gasteiger partial charge in [-0.25, -0.2) is 0 Å². The Kier molecular flexibility index (Phi) is 3.63. The third-order valence-corrected chi connectivity index (χ3v) is 4.52. The number of hydrogen-bond acceptors (Lipinski definition) is 6. The molecule has 0 unspecified atom stereocenters. The fourth-order valence-corrected chi connectivity index (χ4v) is 3.45. The van der Waals surface area contributed by atoms with E-state index in [-0.39, 0.29) is 19.1 Å². The number of aromatic nitrogens is 1. The van der Waals surface area contributed by atoms with E-state index in [1.165, 1.54) is 17.6 Å². The highest BCUT2D eigenvalue weighted by Gasteiger charge is 2.19. The number of fused-ring (bicyclic) bond motifs is 2.